The topological polar surface area (TPSA) is 79.9 Å². The van der Waals surface area contributed by atoms with Gasteiger partial charge in [0.15, 0.2) is 0 Å². The second-order valence-electron chi connectivity index (χ2n) is 7.44. The second kappa shape index (κ2) is 10.4. The maximum Gasteiger partial charge on any atom is 0.237 e. The standard InChI is InChI=1S/C24H26N4O/c25-17-20-10-8-19(9-11-20)16-22(18-26)24(29)27-13-12-23(28-14-4-5-15-28)21-6-2-1-3-7-21/h1-3,6-11,22-23H,4-5,12-16H2,(H,27,29). The van der Waals surface area contributed by atoms with Crippen LogP contribution in [0.2, 0.25) is 0 Å². The molecule has 2 unspecified atom stereocenters. The van der Waals surface area contributed by atoms with Gasteiger partial charge in [-0.25, -0.2) is 0 Å². The van der Waals surface area contributed by atoms with E-state index < -0.39 is 5.92 Å². The van der Waals surface area contributed by atoms with Crippen molar-refractivity contribution in [1.29, 1.82) is 10.5 Å². The zero-order chi connectivity index (χ0) is 20.5. The van der Waals surface area contributed by atoms with E-state index in [0.29, 0.717) is 18.5 Å². The highest BCUT2D eigenvalue weighted by Gasteiger charge is 2.24. The molecule has 2 atom stereocenters. The maximum atomic E-state index is 12.5. The lowest BCUT2D eigenvalue weighted by molar-refractivity contribution is -0.123. The molecule has 5 heteroatoms. The molecule has 1 amide bonds. The molecule has 3 rings (SSSR count). The number of amides is 1. The van der Waals surface area contributed by atoms with Crippen molar-refractivity contribution in [3.63, 3.8) is 0 Å². The molecular weight excluding hydrogens is 360 g/mol. The minimum Gasteiger partial charge on any atom is -0.355 e. The summed E-state index contributed by atoms with van der Waals surface area (Å²) in [6.45, 7) is 2.72. The van der Waals surface area contributed by atoms with Gasteiger partial charge in [-0.1, -0.05) is 42.5 Å². The summed E-state index contributed by atoms with van der Waals surface area (Å²) in [5.41, 5.74) is 2.73. The van der Waals surface area contributed by atoms with E-state index in [1.54, 1.807) is 24.3 Å². The Morgan fingerprint density at radius 2 is 1.72 bits per heavy atom. The molecule has 0 radical (unpaired) electrons. The highest BCUT2D eigenvalue weighted by atomic mass is 16.1. The normalized spacial score (nSPS) is 15.8. The van der Waals surface area contributed by atoms with E-state index in [2.05, 4.69) is 46.6 Å². The van der Waals surface area contributed by atoms with E-state index in [1.165, 1.54) is 18.4 Å². The Labute approximate surface area is 172 Å². The Hall–Kier alpha value is -3.15. The number of nitrogens with zero attached hydrogens (tertiary/aromatic N) is 3. The number of nitriles is 2. The second-order valence-corrected chi connectivity index (χ2v) is 7.44. The van der Waals surface area contributed by atoms with Crippen molar-refractivity contribution in [3.05, 3.63) is 71.3 Å². The molecule has 2 aromatic rings. The third-order valence-corrected chi connectivity index (χ3v) is 5.48. The van der Waals surface area contributed by atoms with Gasteiger partial charge in [0.2, 0.25) is 5.91 Å². The van der Waals surface area contributed by atoms with Gasteiger partial charge in [-0.05, 0) is 62.0 Å². The molecule has 148 valence electrons. The molecule has 0 aromatic heterocycles. The van der Waals surface area contributed by atoms with Crippen LogP contribution in [0.5, 0.6) is 0 Å². The average molecular weight is 386 g/mol. The number of hydrogen-bond acceptors (Lipinski definition) is 4. The van der Waals surface area contributed by atoms with Crippen LogP contribution in [-0.4, -0.2) is 30.4 Å². The van der Waals surface area contributed by atoms with Crippen LogP contribution in [0.25, 0.3) is 0 Å². The van der Waals surface area contributed by atoms with Crippen molar-refractivity contribution >= 4 is 5.91 Å². The molecule has 1 N–H and O–H groups in total. The van der Waals surface area contributed by atoms with Gasteiger partial charge < -0.3 is 5.32 Å². The molecule has 1 heterocycles. The van der Waals surface area contributed by atoms with E-state index in [0.717, 1.165) is 25.1 Å². The van der Waals surface area contributed by atoms with Gasteiger partial charge in [0.25, 0.3) is 0 Å². The molecular formula is C24H26N4O. The van der Waals surface area contributed by atoms with Gasteiger partial charge >= 0.3 is 0 Å². The van der Waals surface area contributed by atoms with Gasteiger partial charge in [0, 0.05) is 12.6 Å². The van der Waals surface area contributed by atoms with Gasteiger partial charge in [-0.2, -0.15) is 10.5 Å². The largest absolute Gasteiger partial charge is 0.355 e. The summed E-state index contributed by atoms with van der Waals surface area (Å²) in [4.78, 5) is 15.0. The van der Waals surface area contributed by atoms with Crippen LogP contribution in [0.3, 0.4) is 0 Å². The summed E-state index contributed by atoms with van der Waals surface area (Å²) in [6.07, 6.45) is 3.61. The number of nitrogens with one attached hydrogen (secondary N) is 1. The molecule has 2 aromatic carbocycles. The number of carbonyl (C=O) groups is 1. The smallest absolute Gasteiger partial charge is 0.237 e. The fourth-order valence-electron chi connectivity index (χ4n) is 3.89. The first kappa shape index (κ1) is 20.6. The van der Waals surface area contributed by atoms with Crippen molar-refractivity contribution in [2.75, 3.05) is 19.6 Å². The van der Waals surface area contributed by atoms with E-state index >= 15 is 0 Å². The predicted octanol–water partition coefficient (Wildman–Crippen LogP) is 3.58. The van der Waals surface area contributed by atoms with Gasteiger partial charge in [-0.15, -0.1) is 0 Å². The summed E-state index contributed by atoms with van der Waals surface area (Å²) < 4.78 is 0. The van der Waals surface area contributed by atoms with Crippen LogP contribution in [-0.2, 0) is 11.2 Å². The Kier molecular flexibility index (Phi) is 7.39. The highest BCUT2D eigenvalue weighted by molar-refractivity contribution is 5.81. The molecule has 0 spiro atoms. The van der Waals surface area contributed by atoms with Crippen LogP contribution < -0.4 is 5.32 Å². The van der Waals surface area contributed by atoms with Gasteiger partial charge in [0.1, 0.15) is 5.92 Å². The third-order valence-electron chi connectivity index (χ3n) is 5.48. The SMILES string of the molecule is N#Cc1ccc(CC(C#N)C(=O)NCCC(c2ccccc2)N2CCCC2)cc1. The minimum absolute atomic E-state index is 0.231. The van der Waals surface area contributed by atoms with E-state index in [-0.39, 0.29) is 11.9 Å². The molecule has 0 aliphatic carbocycles. The lowest BCUT2D eigenvalue weighted by atomic mass is 9.98. The van der Waals surface area contributed by atoms with Gasteiger partial charge in [0.05, 0.1) is 17.7 Å². The number of benzene rings is 2. The molecule has 1 fully saturated rings. The first-order valence-electron chi connectivity index (χ1n) is 10.2. The van der Waals surface area contributed by atoms with Crippen molar-refractivity contribution in [2.24, 2.45) is 5.92 Å². The molecule has 5 nitrogen and oxygen atoms in total. The molecule has 0 saturated carbocycles. The van der Waals surface area contributed by atoms with E-state index in [4.69, 9.17) is 5.26 Å². The van der Waals surface area contributed by atoms with Crippen molar-refractivity contribution in [1.82, 2.24) is 10.2 Å². The quantitative estimate of drug-likeness (QED) is 0.752. The van der Waals surface area contributed by atoms with Crippen LogP contribution in [0, 0.1) is 28.6 Å². The van der Waals surface area contributed by atoms with Crippen LogP contribution in [0.4, 0.5) is 0 Å². The Balaban J connectivity index is 1.56. The summed E-state index contributed by atoms with van der Waals surface area (Å²) in [5.74, 6) is -0.963. The average Bonchev–Trinajstić information content (AvgIpc) is 3.30. The molecule has 0 bridgehead atoms. The first-order chi connectivity index (χ1) is 14.2. The monoisotopic (exact) mass is 386 g/mol. The Morgan fingerprint density at radius 3 is 2.34 bits per heavy atom. The number of hydrogen-bond donors (Lipinski definition) is 1. The Bertz CT molecular complexity index is 874. The van der Waals surface area contributed by atoms with Crippen molar-refractivity contribution in [3.8, 4) is 12.1 Å². The lowest BCUT2D eigenvalue weighted by Gasteiger charge is -2.28. The molecule has 1 saturated heterocycles. The zero-order valence-corrected chi connectivity index (χ0v) is 16.6. The predicted molar refractivity (Wildman–Crippen MR) is 112 cm³/mol. The van der Waals surface area contributed by atoms with Crippen LogP contribution >= 0.6 is 0 Å². The number of likely N-dealkylation sites (tertiary alicyclic amines) is 1. The molecule has 1 aliphatic rings. The fourth-order valence-corrected chi connectivity index (χ4v) is 3.89. The summed E-state index contributed by atoms with van der Waals surface area (Å²) in [5, 5.41) is 21.3. The van der Waals surface area contributed by atoms with Gasteiger partial charge in [-0.3, -0.25) is 9.69 Å². The third kappa shape index (κ3) is 5.67. The lowest BCUT2D eigenvalue weighted by Crippen LogP contribution is -2.34. The Morgan fingerprint density at radius 1 is 1.03 bits per heavy atom. The summed E-state index contributed by atoms with van der Waals surface area (Å²) in [7, 11) is 0. The molecule has 29 heavy (non-hydrogen) atoms. The maximum absolute atomic E-state index is 12.5. The van der Waals surface area contributed by atoms with Crippen LogP contribution in [0.15, 0.2) is 54.6 Å². The number of carbonyl (C=O) groups excluding carboxylic acids is 1. The molecule has 1 aliphatic heterocycles. The van der Waals surface area contributed by atoms with E-state index in [9.17, 15) is 10.1 Å². The van der Waals surface area contributed by atoms with Crippen LogP contribution in [0.1, 0.15) is 42.0 Å². The van der Waals surface area contributed by atoms with E-state index in [1.807, 2.05) is 6.07 Å². The van der Waals surface area contributed by atoms with Crippen molar-refractivity contribution in [2.45, 2.75) is 31.7 Å². The summed E-state index contributed by atoms with van der Waals surface area (Å²) >= 11 is 0. The zero-order valence-electron chi connectivity index (χ0n) is 16.6. The summed E-state index contributed by atoms with van der Waals surface area (Å²) in [6, 6.07) is 21.9. The fraction of sp³-hybridized carbons (Fsp3) is 0.375. The first-order valence-corrected chi connectivity index (χ1v) is 10.2. The van der Waals surface area contributed by atoms with Crippen molar-refractivity contribution < 1.29 is 4.79 Å². The number of rotatable bonds is 8. The highest BCUT2D eigenvalue weighted by Crippen LogP contribution is 2.27. The minimum atomic E-state index is -0.732.